The maximum Gasteiger partial charge on any atom is 0.306 e. The first-order chi connectivity index (χ1) is 21.4. The number of aliphatic carboxylic acids is 2. The number of amides is 1. The van der Waals surface area contributed by atoms with Gasteiger partial charge >= 0.3 is 11.9 Å². The Morgan fingerprint density at radius 3 is 2.04 bits per heavy atom. The molecule has 2 aromatic carbocycles. The minimum Gasteiger partial charge on any atom is -0.493 e. The number of fused-ring (bicyclic) bond motifs is 2. The first-order valence-electron chi connectivity index (χ1n) is 14.1. The second-order valence-electron chi connectivity index (χ2n) is 10.7. The normalized spacial score (nSPS) is 13.7. The molecule has 11 nitrogen and oxygen atoms in total. The Labute approximate surface area is 261 Å². The number of carbonyl (C=O) groups is 4. The van der Waals surface area contributed by atoms with Crippen molar-refractivity contribution in [2.24, 2.45) is 11.8 Å². The van der Waals surface area contributed by atoms with Gasteiger partial charge in [-0.1, -0.05) is 13.8 Å². The SMILES string of the molecule is COc1cc2sc(C(=O)C[C@H](C)C(=O)O)cc2cc1OCCCOc1c(F)c2c(c(F)c1OC)CN(C(=O)C[C@H](C)C(=O)O)C2. The van der Waals surface area contributed by atoms with Crippen LogP contribution >= 0.6 is 11.3 Å². The topological polar surface area (TPSA) is 149 Å². The number of Topliss-reactive ketones (excluding diaryl/α,β-unsaturated/α-hetero) is 1. The number of nitrogens with zero attached hydrogens (tertiary/aromatic N) is 1. The lowest BCUT2D eigenvalue weighted by Gasteiger charge is -2.16. The molecule has 0 fully saturated rings. The fourth-order valence-electron chi connectivity index (χ4n) is 4.81. The minimum absolute atomic E-state index is 0.0477. The van der Waals surface area contributed by atoms with Crippen LogP contribution in [0.25, 0.3) is 10.1 Å². The number of rotatable bonds is 15. The van der Waals surface area contributed by atoms with E-state index in [1.807, 2.05) is 0 Å². The van der Waals surface area contributed by atoms with Crippen LogP contribution in [-0.2, 0) is 27.5 Å². The molecule has 242 valence electrons. The largest absolute Gasteiger partial charge is 0.493 e. The minimum atomic E-state index is -1.14. The molecule has 2 N–H and O–H groups in total. The van der Waals surface area contributed by atoms with Crippen LogP contribution in [0.5, 0.6) is 23.0 Å². The zero-order chi connectivity index (χ0) is 33.0. The third-order valence-electron chi connectivity index (χ3n) is 7.44. The van der Waals surface area contributed by atoms with E-state index in [9.17, 15) is 19.2 Å². The first-order valence-corrected chi connectivity index (χ1v) is 14.9. The molecular formula is C31H33F2NO10S. The number of ketones is 1. The van der Waals surface area contributed by atoms with Crippen molar-refractivity contribution < 1.29 is 57.1 Å². The van der Waals surface area contributed by atoms with Crippen molar-refractivity contribution >= 4 is 45.1 Å². The van der Waals surface area contributed by atoms with E-state index in [-0.39, 0.29) is 62.5 Å². The Morgan fingerprint density at radius 1 is 0.844 bits per heavy atom. The molecule has 0 saturated carbocycles. The lowest BCUT2D eigenvalue weighted by Crippen LogP contribution is -2.28. The third-order valence-corrected chi connectivity index (χ3v) is 8.58. The molecule has 0 spiro atoms. The number of ether oxygens (including phenoxy) is 4. The van der Waals surface area contributed by atoms with Gasteiger partial charge in [-0.15, -0.1) is 11.3 Å². The highest BCUT2D eigenvalue weighted by Gasteiger charge is 2.35. The zero-order valence-corrected chi connectivity index (χ0v) is 25.9. The van der Waals surface area contributed by atoms with Crippen LogP contribution in [0.4, 0.5) is 8.78 Å². The molecule has 4 rings (SSSR count). The number of benzene rings is 2. The van der Waals surface area contributed by atoms with E-state index in [2.05, 4.69) is 0 Å². The van der Waals surface area contributed by atoms with E-state index in [1.54, 1.807) is 18.2 Å². The number of carbonyl (C=O) groups excluding carboxylic acids is 2. The summed E-state index contributed by atoms with van der Waals surface area (Å²) >= 11 is 1.23. The summed E-state index contributed by atoms with van der Waals surface area (Å²) in [5, 5.41) is 18.9. The highest BCUT2D eigenvalue weighted by atomic mass is 32.1. The van der Waals surface area contributed by atoms with Gasteiger partial charge in [0, 0.05) is 54.2 Å². The van der Waals surface area contributed by atoms with E-state index in [1.165, 1.54) is 44.3 Å². The average Bonchev–Trinajstić information content (AvgIpc) is 3.64. The lowest BCUT2D eigenvalue weighted by molar-refractivity contribution is -0.145. The number of carboxylic acid groups (broad SMARTS) is 2. The summed E-state index contributed by atoms with van der Waals surface area (Å²) in [7, 11) is 2.63. The van der Waals surface area contributed by atoms with Gasteiger partial charge in [-0.3, -0.25) is 19.2 Å². The fraction of sp³-hybridized carbons (Fsp3) is 0.419. The molecular weight excluding hydrogens is 616 g/mol. The highest BCUT2D eigenvalue weighted by molar-refractivity contribution is 7.20. The first kappa shape index (κ1) is 33.4. The smallest absolute Gasteiger partial charge is 0.306 e. The molecule has 1 aliphatic rings. The maximum atomic E-state index is 15.5. The Hall–Kier alpha value is -4.46. The predicted octanol–water partition coefficient (Wildman–Crippen LogP) is 5.29. The molecule has 0 aliphatic carbocycles. The molecule has 14 heteroatoms. The van der Waals surface area contributed by atoms with Crippen molar-refractivity contribution in [3.05, 3.63) is 45.8 Å². The molecule has 2 atom stereocenters. The van der Waals surface area contributed by atoms with Crippen molar-refractivity contribution in [1.82, 2.24) is 4.90 Å². The average molecular weight is 650 g/mol. The molecule has 0 radical (unpaired) electrons. The highest BCUT2D eigenvalue weighted by Crippen LogP contribution is 2.42. The standard InChI is InChI=1S/C31H33F2NO10S/c1-15(30(37)38)8-20(35)24-11-17-10-22(21(41-3)12-23(17)45-24)43-6-5-7-44-29-27(33)19-14-34(25(36)9-16(2)31(39)40)13-18(19)26(32)28(29)42-4/h10-12,15-16H,5-9,13-14H2,1-4H3,(H,37,38)(H,39,40)/t15-,16-/m0/s1. The van der Waals surface area contributed by atoms with Crippen molar-refractivity contribution in [2.45, 2.75) is 46.2 Å². The molecule has 1 aromatic heterocycles. The number of hydrogen-bond acceptors (Lipinski definition) is 9. The fourth-order valence-corrected chi connectivity index (χ4v) is 5.83. The number of thiophene rings is 1. The molecule has 0 bridgehead atoms. The molecule has 1 amide bonds. The summed E-state index contributed by atoms with van der Waals surface area (Å²) < 4.78 is 53.6. The van der Waals surface area contributed by atoms with Gasteiger partial charge in [-0.2, -0.15) is 0 Å². The molecule has 45 heavy (non-hydrogen) atoms. The van der Waals surface area contributed by atoms with Crippen molar-refractivity contribution in [3.63, 3.8) is 0 Å². The van der Waals surface area contributed by atoms with Crippen LogP contribution in [0.1, 0.15) is 53.9 Å². The van der Waals surface area contributed by atoms with Crippen LogP contribution in [-0.4, -0.2) is 66.2 Å². The summed E-state index contributed by atoms with van der Waals surface area (Å²) in [6, 6.07) is 5.09. The van der Waals surface area contributed by atoms with Crippen molar-refractivity contribution in [1.29, 1.82) is 0 Å². The van der Waals surface area contributed by atoms with Gasteiger partial charge in [0.1, 0.15) is 0 Å². The van der Waals surface area contributed by atoms with E-state index in [0.717, 1.165) is 4.70 Å². The van der Waals surface area contributed by atoms with Gasteiger partial charge in [0.2, 0.25) is 11.7 Å². The van der Waals surface area contributed by atoms with Crippen LogP contribution in [0, 0.1) is 23.5 Å². The third kappa shape index (κ3) is 7.27. The van der Waals surface area contributed by atoms with Crippen LogP contribution in [0.3, 0.4) is 0 Å². The maximum absolute atomic E-state index is 15.5. The van der Waals surface area contributed by atoms with Gasteiger partial charge in [-0.05, 0) is 17.5 Å². The Balaban J connectivity index is 1.40. The Bertz CT molecular complexity index is 1640. The van der Waals surface area contributed by atoms with Gasteiger partial charge in [0.25, 0.3) is 0 Å². The Morgan fingerprint density at radius 2 is 1.44 bits per heavy atom. The van der Waals surface area contributed by atoms with Crippen LogP contribution in [0.2, 0.25) is 0 Å². The van der Waals surface area contributed by atoms with Gasteiger partial charge < -0.3 is 34.1 Å². The van der Waals surface area contributed by atoms with E-state index in [0.29, 0.717) is 21.8 Å². The number of methoxy groups -OCH3 is 2. The lowest BCUT2D eigenvalue weighted by atomic mass is 10.0. The molecule has 3 aromatic rings. The van der Waals surface area contributed by atoms with E-state index < -0.39 is 52.8 Å². The van der Waals surface area contributed by atoms with Crippen LogP contribution < -0.4 is 18.9 Å². The second-order valence-corrected chi connectivity index (χ2v) is 11.8. The van der Waals surface area contributed by atoms with E-state index >= 15 is 8.78 Å². The van der Waals surface area contributed by atoms with Crippen molar-refractivity contribution in [3.8, 4) is 23.0 Å². The zero-order valence-electron chi connectivity index (χ0n) is 25.1. The predicted molar refractivity (Wildman–Crippen MR) is 158 cm³/mol. The summed E-state index contributed by atoms with van der Waals surface area (Å²) in [4.78, 5) is 49.0. The summed E-state index contributed by atoms with van der Waals surface area (Å²) in [6.07, 6.45) is -0.173. The van der Waals surface area contributed by atoms with Crippen LogP contribution in [0.15, 0.2) is 18.2 Å². The van der Waals surface area contributed by atoms with Crippen molar-refractivity contribution in [2.75, 3.05) is 27.4 Å². The number of hydrogen-bond donors (Lipinski definition) is 2. The molecule has 0 unspecified atom stereocenters. The number of halogens is 2. The summed E-state index contributed by atoms with van der Waals surface area (Å²) in [5.74, 6) is -6.55. The van der Waals surface area contributed by atoms with Gasteiger partial charge in [-0.25, -0.2) is 8.78 Å². The Kier molecular flexibility index (Phi) is 10.5. The summed E-state index contributed by atoms with van der Waals surface area (Å²) in [5.41, 5.74) is -0.103. The molecule has 1 aliphatic heterocycles. The monoisotopic (exact) mass is 649 g/mol. The summed E-state index contributed by atoms with van der Waals surface area (Å²) in [6.45, 7) is 2.43. The second kappa shape index (κ2) is 14.1. The molecule has 0 saturated heterocycles. The quantitative estimate of drug-likeness (QED) is 0.164. The molecule has 2 heterocycles. The van der Waals surface area contributed by atoms with Gasteiger partial charge in [0.05, 0.1) is 44.1 Å². The van der Waals surface area contributed by atoms with Gasteiger partial charge in [0.15, 0.2) is 34.7 Å². The van der Waals surface area contributed by atoms with E-state index in [4.69, 9.17) is 29.2 Å². The number of carboxylic acids is 2.